The highest BCUT2D eigenvalue weighted by Gasteiger charge is 2.24. The number of nitrogens with two attached hydrogens (primary N) is 1. The molecule has 3 heterocycles. The lowest BCUT2D eigenvalue weighted by molar-refractivity contribution is 0.102. The van der Waals surface area contributed by atoms with Gasteiger partial charge in [0.1, 0.15) is 9.71 Å². The van der Waals surface area contributed by atoms with Crippen molar-refractivity contribution in [3.8, 4) is 33.9 Å². The third-order valence-corrected chi connectivity index (χ3v) is 8.97. The number of nitrogens with zero attached hydrogens (tertiary/aromatic N) is 1. The van der Waals surface area contributed by atoms with E-state index in [4.69, 9.17) is 20.2 Å². The minimum absolute atomic E-state index is 0.120. The summed E-state index contributed by atoms with van der Waals surface area (Å²) in [6, 6.07) is 28.1. The van der Waals surface area contributed by atoms with Crippen LogP contribution in [0.15, 0.2) is 102 Å². The lowest BCUT2D eigenvalue weighted by atomic mass is 9.98. The number of hydrogen-bond donors (Lipinski definition) is 2. The number of hydrogen-bond acceptors (Lipinski definition) is 8. The third-order valence-electron chi connectivity index (χ3n) is 7.04. The normalized spacial score (nSPS) is 11.1. The maximum atomic E-state index is 13.6. The Kier molecular flexibility index (Phi) is 8.23. The van der Waals surface area contributed by atoms with Gasteiger partial charge in [-0.3, -0.25) is 9.59 Å². The van der Waals surface area contributed by atoms with E-state index in [0.29, 0.717) is 43.5 Å². The van der Waals surface area contributed by atoms with E-state index in [-0.39, 0.29) is 11.7 Å². The fourth-order valence-electron chi connectivity index (χ4n) is 4.90. The van der Waals surface area contributed by atoms with Crippen molar-refractivity contribution < 1.29 is 19.1 Å². The molecular formula is C35H27N3O4S2. The average Bonchev–Trinajstić information content (AvgIpc) is 3.71. The number of amides is 1. The van der Waals surface area contributed by atoms with Crippen LogP contribution >= 0.6 is 22.7 Å². The highest BCUT2D eigenvalue weighted by Crippen LogP contribution is 2.46. The van der Waals surface area contributed by atoms with Crippen molar-refractivity contribution in [3.05, 3.63) is 118 Å². The van der Waals surface area contributed by atoms with Crippen LogP contribution in [0.25, 0.3) is 38.7 Å². The SMILES string of the molecule is COc1cccc(-c2cc(-c3ccccc3)nc3sc(C(=O)Nc4ccc(C(=O)C=Cc5cccs5)cc4)c(N)c23)c1OC. The Morgan fingerprint density at radius 2 is 1.68 bits per heavy atom. The van der Waals surface area contributed by atoms with Crippen LogP contribution in [0.4, 0.5) is 11.4 Å². The molecule has 1 amide bonds. The summed E-state index contributed by atoms with van der Waals surface area (Å²) in [7, 11) is 3.18. The number of carbonyl (C=O) groups excluding carboxylic acids is 2. The number of fused-ring (bicyclic) bond motifs is 1. The van der Waals surface area contributed by atoms with Crippen LogP contribution < -0.4 is 20.5 Å². The molecule has 0 unspecified atom stereocenters. The van der Waals surface area contributed by atoms with Crippen molar-refractivity contribution in [2.75, 3.05) is 25.3 Å². The Morgan fingerprint density at radius 1 is 0.886 bits per heavy atom. The molecule has 6 rings (SSSR count). The molecule has 0 aliphatic carbocycles. The Labute approximate surface area is 262 Å². The summed E-state index contributed by atoms with van der Waals surface area (Å²) in [5.74, 6) is 0.641. The summed E-state index contributed by atoms with van der Waals surface area (Å²) in [6.07, 6.45) is 3.34. The van der Waals surface area contributed by atoms with Crippen molar-refractivity contribution >= 4 is 62.0 Å². The monoisotopic (exact) mass is 617 g/mol. The number of pyridine rings is 1. The van der Waals surface area contributed by atoms with Gasteiger partial charge in [-0.25, -0.2) is 4.98 Å². The van der Waals surface area contributed by atoms with Gasteiger partial charge in [-0.2, -0.15) is 0 Å². The van der Waals surface area contributed by atoms with Gasteiger partial charge in [-0.05, 0) is 60.0 Å². The molecule has 0 aliphatic heterocycles. The number of anilines is 2. The Hall–Kier alpha value is -5.25. The van der Waals surface area contributed by atoms with Crippen molar-refractivity contribution in [2.45, 2.75) is 0 Å². The number of methoxy groups -OCH3 is 2. The van der Waals surface area contributed by atoms with E-state index >= 15 is 0 Å². The maximum absolute atomic E-state index is 13.6. The molecular weight excluding hydrogens is 591 g/mol. The summed E-state index contributed by atoms with van der Waals surface area (Å²) in [5.41, 5.74) is 11.3. The van der Waals surface area contributed by atoms with E-state index in [9.17, 15) is 9.59 Å². The Bertz CT molecular complexity index is 2000. The maximum Gasteiger partial charge on any atom is 0.267 e. The smallest absolute Gasteiger partial charge is 0.267 e. The number of ketones is 1. The molecule has 0 radical (unpaired) electrons. The molecule has 9 heteroatoms. The van der Waals surface area contributed by atoms with Crippen LogP contribution in [0.2, 0.25) is 0 Å². The summed E-state index contributed by atoms with van der Waals surface area (Å²) < 4.78 is 11.3. The van der Waals surface area contributed by atoms with Crippen molar-refractivity contribution in [2.24, 2.45) is 0 Å². The van der Waals surface area contributed by atoms with Crippen LogP contribution in [0.3, 0.4) is 0 Å². The second-order valence-electron chi connectivity index (χ2n) is 9.73. The second-order valence-corrected chi connectivity index (χ2v) is 11.7. The van der Waals surface area contributed by atoms with Gasteiger partial charge in [-0.1, -0.05) is 48.5 Å². The van der Waals surface area contributed by atoms with Gasteiger partial charge in [0.25, 0.3) is 5.91 Å². The number of allylic oxidation sites excluding steroid dienone is 1. The number of nitrogen functional groups attached to an aromatic ring is 1. The minimum Gasteiger partial charge on any atom is -0.493 e. The fraction of sp³-hybridized carbons (Fsp3) is 0.0571. The van der Waals surface area contributed by atoms with Gasteiger partial charge in [-0.15, -0.1) is 22.7 Å². The van der Waals surface area contributed by atoms with E-state index in [1.54, 1.807) is 62.0 Å². The number of para-hydroxylation sites is 1. The predicted molar refractivity (Wildman–Crippen MR) is 180 cm³/mol. The van der Waals surface area contributed by atoms with Gasteiger partial charge >= 0.3 is 0 Å². The number of ether oxygens (including phenoxy) is 2. The number of rotatable bonds is 9. The van der Waals surface area contributed by atoms with Gasteiger partial charge in [0, 0.05) is 38.2 Å². The number of nitrogens with one attached hydrogen (secondary N) is 1. The first-order valence-electron chi connectivity index (χ1n) is 13.6. The van der Waals surface area contributed by atoms with E-state index in [1.807, 2.05) is 72.1 Å². The zero-order chi connectivity index (χ0) is 30.6. The van der Waals surface area contributed by atoms with E-state index < -0.39 is 0 Å². The summed E-state index contributed by atoms with van der Waals surface area (Å²) in [4.78, 5) is 33.0. The largest absolute Gasteiger partial charge is 0.493 e. The molecule has 3 N–H and O–H groups in total. The molecule has 0 saturated heterocycles. The molecule has 0 aliphatic rings. The van der Waals surface area contributed by atoms with Crippen LogP contribution in [-0.2, 0) is 0 Å². The van der Waals surface area contributed by atoms with Crippen molar-refractivity contribution in [3.63, 3.8) is 0 Å². The Balaban J connectivity index is 1.36. The van der Waals surface area contributed by atoms with E-state index in [2.05, 4.69) is 5.32 Å². The molecule has 218 valence electrons. The number of carbonyl (C=O) groups is 2. The predicted octanol–water partition coefficient (Wildman–Crippen LogP) is 8.44. The second kappa shape index (κ2) is 12.5. The minimum atomic E-state index is -0.369. The van der Waals surface area contributed by atoms with Crippen LogP contribution in [0.1, 0.15) is 24.9 Å². The Morgan fingerprint density at radius 3 is 2.39 bits per heavy atom. The molecule has 44 heavy (non-hydrogen) atoms. The van der Waals surface area contributed by atoms with Crippen molar-refractivity contribution in [1.82, 2.24) is 4.98 Å². The first-order chi connectivity index (χ1) is 21.5. The standard InChI is InChI=1S/C35H27N3O4S2/c1-41-29-12-6-11-25(32(29)42-2)26-20-27(21-8-4-3-5-9-21)38-35-30(26)31(36)33(44-35)34(40)37-23-15-13-22(14-16-23)28(39)18-17-24-10-7-19-43-24/h3-20H,36H2,1-2H3,(H,37,40). The molecule has 3 aromatic carbocycles. The molecule has 0 saturated carbocycles. The fourth-order valence-corrected chi connectivity index (χ4v) is 6.54. The third kappa shape index (κ3) is 5.70. The molecule has 0 spiro atoms. The average molecular weight is 618 g/mol. The highest BCUT2D eigenvalue weighted by molar-refractivity contribution is 7.21. The lowest BCUT2D eigenvalue weighted by Crippen LogP contribution is -2.12. The molecule has 3 aromatic heterocycles. The van der Waals surface area contributed by atoms with Crippen molar-refractivity contribution in [1.29, 1.82) is 0 Å². The van der Waals surface area contributed by atoms with Gasteiger partial charge in [0.15, 0.2) is 17.3 Å². The zero-order valence-electron chi connectivity index (χ0n) is 23.9. The number of thiophene rings is 2. The topological polar surface area (TPSA) is 104 Å². The quantitative estimate of drug-likeness (QED) is 0.125. The van der Waals surface area contributed by atoms with E-state index in [1.165, 1.54) is 11.3 Å². The lowest BCUT2D eigenvalue weighted by Gasteiger charge is -2.15. The first kappa shape index (κ1) is 28.9. The molecule has 6 aromatic rings. The van der Waals surface area contributed by atoms with Crippen LogP contribution in [0, 0.1) is 0 Å². The van der Waals surface area contributed by atoms with Gasteiger partial charge < -0.3 is 20.5 Å². The summed E-state index contributed by atoms with van der Waals surface area (Å²) in [5, 5.41) is 5.53. The van der Waals surface area contributed by atoms with Crippen LogP contribution in [0.5, 0.6) is 11.5 Å². The summed E-state index contributed by atoms with van der Waals surface area (Å²) >= 11 is 2.78. The molecule has 0 fully saturated rings. The molecule has 0 atom stereocenters. The summed E-state index contributed by atoms with van der Waals surface area (Å²) in [6.45, 7) is 0. The van der Waals surface area contributed by atoms with Gasteiger partial charge in [0.05, 0.1) is 25.6 Å². The number of aromatic nitrogens is 1. The first-order valence-corrected chi connectivity index (χ1v) is 15.3. The van der Waals surface area contributed by atoms with E-state index in [0.717, 1.165) is 27.3 Å². The zero-order valence-corrected chi connectivity index (χ0v) is 25.5. The molecule has 7 nitrogen and oxygen atoms in total. The highest BCUT2D eigenvalue weighted by atomic mass is 32.1. The molecule has 0 bridgehead atoms. The number of benzene rings is 3. The van der Waals surface area contributed by atoms with Crippen LogP contribution in [-0.4, -0.2) is 30.9 Å². The van der Waals surface area contributed by atoms with Gasteiger partial charge in [0.2, 0.25) is 0 Å².